The van der Waals surface area contributed by atoms with E-state index in [0.29, 0.717) is 5.56 Å². The second kappa shape index (κ2) is 14.8. The SMILES string of the molecule is [2H]c1c([2H])c([2H])c(-c2cc3c(cc2N2c4ccc(C(C)(C)C)cc4B4c5oc6cc7c(cc6c5N(c5ccc6c(c5)C(C)(C)CCC6(C)C)c5cc(C)cc2c54)C(C)(C)CCC7(C)C)C(C)(C)CCC3(C)C)c([2H])c1[2H]. The van der Waals surface area contributed by atoms with E-state index >= 15 is 0 Å². The Morgan fingerprint density at radius 1 is 0.521 bits per heavy atom. The Morgan fingerprint density at radius 3 is 1.63 bits per heavy atom. The Hall–Kier alpha value is -5.48. The van der Waals surface area contributed by atoms with Crippen LogP contribution < -0.4 is 26.4 Å². The molecule has 6 aromatic carbocycles. The van der Waals surface area contributed by atoms with Crippen molar-refractivity contribution < 1.29 is 11.3 Å². The molecule has 0 fully saturated rings. The van der Waals surface area contributed by atoms with Crippen molar-refractivity contribution in [2.24, 2.45) is 0 Å². The molecule has 3 aliphatic carbocycles. The lowest BCUT2D eigenvalue weighted by Crippen LogP contribution is -2.61. The maximum atomic E-state index is 9.60. The molecule has 0 radical (unpaired) electrons. The van der Waals surface area contributed by atoms with E-state index in [1.54, 1.807) is 0 Å². The summed E-state index contributed by atoms with van der Waals surface area (Å²) < 4.78 is 53.7. The Labute approximate surface area is 433 Å². The number of anilines is 6. The second-order valence-electron chi connectivity index (χ2n) is 27.5. The summed E-state index contributed by atoms with van der Waals surface area (Å²) in [6.45, 7) is 37.2. The highest BCUT2D eigenvalue weighted by Crippen LogP contribution is 2.56. The fraction of sp³-hybridized carbons (Fsp3) is 0.433. The van der Waals surface area contributed by atoms with Crippen molar-refractivity contribution in [2.45, 2.75) is 187 Å². The summed E-state index contributed by atoms with van der Waals surface area (Å²) in [5, 5.41) is 1.13. The molecule has 0 saturated carbocycles. The molecule has 71 heavy (non-hydrogen) atoms. The first kappa shape index (κ1) is 41.0. The number of aryl methyl sites for hydroxylation is 1. The number of rotatable bonds is 3. The molecule has 0 N–H and O–H groups in total. The standard InChI is InChI=1S/C67H77BN2O/c1-40-32-55-58-56(33-40)70(54-38-50-48(64(9,10)28-30-66(50,13)14)36-44(54)41-20-18-17-19-21-41)53-25-22-42(61(2,3)4)34-52(53)68(58)60-59(45-37-49-51(39-57(45)71-60)67(15,16)31-29-65(49,11)12)69(55)43-23-24-46-47(35-43)63(7,8)27-26-62(46,5)6/h17-25,32-39H,26-31H2,1-16H3/i17D,18D,19D,20D,21D. The minimum Gasteiger partial charge on any atom is -0.468 e. The van der Waals surface area contributed by atoms with Crippen LogP contribution in [0.25, 0.3) is 22.1 Å². The van der Waals surface area contributed by atoms with Crippen LogP contribution in [0.5, 0.6) is 0 Å². The number of nitrogens with zero attached hydrogens (tertiary/aromatic N) is 2. The molecule has 1 aromatic heterocycles. The molecule has 0 unspecified atom stereocenters. The summed E-state index contributed by atoms with van der Waals surface area (Å²) >= 11 is 0. The van der Waals surface area contributed by atoms with Gasteiger partial charge in [0.2, 0.25) is 0 Å². The average molecular weight is 942 g/mol. The average Bonchev–Trinajstić information content (AvgIpc) is 3.86. The maximum Gasteiger partial charge on any atom is 0.297 e. The molecule has 0 atom stereocenters. The van der Waals surface area contributed by atoms with E-state index in [-0.39, 0.29) is 74.4 Å². The van der Waals surface area contributed by atoms with Gasteiger partial charge in [0.05, 0.1) is 23.9 Å². The Morgan fingerprint density at radius 2 is 1.04 bits per heavy atom. The van der Waals surface area contributed by atoms with Crippen molar-refractivity contribution in [3.05, 3.63) is 148 Å². The molecule has 0 bridgehead atoms. The fourth-order valence-electron chi connectivity index (χ4n) is 13.8. The molecule has 3 nitrogen and oxygen atoms in total. The lowest BCUT2D eigenvalue weighted by molar-refractivity contribution is 0.332. The first-order chi connectivity index (χ1) is 35.3. The van der Waals surface area contributed by atoms with Gasteiger partial charge in [-0.1, -0.05) is 152 Å². The van der Waals surface area contributed by atoms with E-state index in [0.717, 1.165) is 111 Å². The third-order valence-corrected chi connectivity index (χ3v) is 18.7. The van der Waals surface area contributed by atoms with Crippen LogP contribution in [0.4, 0.5) is 34.1 Å². The molecule has 0 amide bonds. The summed E-state index contributed by atoms with van der Waals surface area (Å²) in [7, 11) is 0. The van der Waals surface area contributed by atoms with Gasteiger partial charge in [0.25, 0.3) is 6.71 Å². The first-order valence-corrected chi connectivity index (χ1v) is 26.7. The van der Waals surface area contributed by atoms with Crippen molar-refractivity contribution in [3.8, 4) is 11.1 Å². The largest absolute Gasteiger partial charge is 0.468 e. The van der Waals surface area contributed by atoms with Crippen molar-refractivity contribution in [1.82, 2.24) is 0 Å². The van der Waals surface area contributed by atoms with E-state index in [1.165, 1.54) is 33.4 Å². The van der Waals surface area contributed by atoms with Gasteiger partial charge in [-0.25, -0.2) is 0 Å². The lowest BCUT2D eigenvalue weighted by Gasteiger charge is -2.46. The van der Waals surface area contributed by atoms with Crippen LogP contribution in [0.1, 0.15) is 194 Å². The maximum absolute atomic E-state index is 9.60. The van der Waals surface area contributed by atoms with Crippen LogP contribution in [0.2, 0.25) is 0 Å². The first-order valence-electron chi connectivity index (χ1n) is 29.2. The monoisotopic (exact) mass is 942 g/mol. The van der Waals surface area contributed by atoms with Gasteiger partial charge in [0.15, 0.2) is 0 Å². The van der Waals surface area contributed by atoms with Crippen LogP contribution in [0, 0.1) is 6.92 Å². The van der Waals surface area contributed by atoms with Gasteiger partial charge in [-0.15, -0.1) is 0 Å². The molecule has 2 aliphatic heterocycles. The van der Waals surface area contributed by atoms with Gasteiger partial charge in [-0.2, -0.15) is 0 Å². The smallest absolute Gasteiger partial charge is 0.297 e. The molecule has 364 valence electrons. The van der Waals surface area contributed by atoms with Crippen molar-refractivity contribution >= 4 is 68.4 Å². The predicted molar refractivity (Wildman–Crippen MR) is 305 cm³/mol. The van der Waals surface area contributed by atoms with E-state index in [2.05, 4.69) is 193 Å². The van der Waals surface area contributed by atoms with Crippen molar-refractivity contribution in [3.63, 3.8) is 0 Å². The van der Waals surface area contributed by atoms with Crippen molar-refractivity contribution in [1.29, 1.82) is 0 Å². The molecule has 5 aliphatic rings. The number of fused-ring (bicyclic) bond motifs is 9. The molecular formula is C67H77BN2O. The molecule has 7 aromatic rings. The topological polar surface area (TPSA) is 19.6 Å². The van der Waals surface area contributed by atoms with Crippen LogP contribution in [-0.2, 0) is 37.9 Å². The molecule has 3 heterocycles. The summed E-state index contributed by atoms with van der Waals surface area (Å²) in [4.78, 5) is 4.94. The van der Waals surface area contributed by atoms with Crippen LogP contribution in [0.15, 0.2) is 107 Å². The third kappa shape index (κ3) is 6.88. The minimum atomic E-state index is -0.391. The molecule has 12 rings (SSSR count). The highest BCUT2D eigenvalue weighted by Gasteiger charge is 2.50. The summed E-state index contributed by atoms with van der Waals surface area (Å²) in [6, 6.07) is 26.9. The zero-order valence-electron chi connectivity index (χ0n) is 50.6. The van der Waals surface area contributed by atoms with Gasteiger partial charge in [0, 0.05) is 33.7 Å². The summed E-state index contributed by atoms with van der Waals surface area (Å²) in [5.41, 5.74) is 20.6. The number of hydrogen-bond acceptors (Lipinski definition) is 3. The molecule has 4 heteroatoms. The highest BCUT2D eigenvalue weighted by molar-refractivity contribution is 7.00. The number of benzene rings is 6. The molecule has 0 spiro atoms. The van der Waals surface area contributed by atoms with Crippen LogP contribution >= 0.6 is 0 Å². The van der Waals surface area contributed by atoms with E-state index in [9.17, 15) is 2.74 Å². The molecule has 0 saturated heterocycles. The zero-order chi connectivity index (χ0) is 54.7. The minimum absolute atomic E-state index is 0.0215. The van der Waals surface area contributed by atoms with E-state index < -0.39 is 6.04 Å². The van der Waals surface area contributed by atoms with Crippen LogP contribution in [-0.4, -0.2) is 6.71 Å². The van der Waals surface area contributed by atoms with Gasteiger partial charge in [-0.3, -0.25) is 0 Å². The van der Waals surface area contributed by atoms with E-state index in [1.807, 2.05) is 0 Å². The zero-order valence-corrected chi connectivity index (χ0v) is 45.6. The van der Waals surface area contributed by atoms with Gasteiger partial charge in [0.1, 0.15) is 5.58 Å². The Kier molecular flexibility index (Phi) is 8.57. The van der Waals surface area contributed by atoms with Crippen LogP contribution in [0.3, 0.4) is 0 Å². The van der Waals surface area contributed by atoms with Gasteiger partial charge < -0.3 is 14.2 Å². The fourth-order valence-corrected chi connectivity index (χ4v) is 13.8. The summed E-state index contributed by atoms with van der Waals surface area (Å²) in [6.07, 6.45) is 6.39. The van der Waals surface area contributed by atoms with E-state index in [4.69, 9.17) is 8.53 Å². The normalized spacial score (nSPS) is 21.4. The highest BCUT2D eigenvalue weighted by atomic mass is 16.3. The lowest BCUT2D eigenvalue weighted by atomic mass is 9.35. The summed E-state index contributed by atoms with van der Waals surface area (Å²) in [5.74, 6) is 0. The number of hydrogen-bond donors (Lipinski definition) is 0. The third-order valence-electron chi connectivity index (χ3n) is 18.7. The van der Waals surface area contributed by atoms with Gasteiger partial charge >= 0.3 is 0 Å². The number of furan rings is 1. The predicted octanol–water partition coefficient (Wildman–Crippen LogP) is 16.8. The molecular weight excluding hydrogens is 860 g/mol. The Balaban J connectivity index is 1.24. The van der Waals surface area contributed by atoms with Gasteiger partial charge in [-0.05, 0) is 199 Å². The second-order valence-corrected chi connectivity index (χ2v) is 27.5. The Bertz CT molecular complexity index is 3670. The van der Waals surface area contributed by atoms with Crippen molar-refractivity contribution in [2.75, 3.05) is 9.80 Å². The quantitative estimate of drug-likeness (QED) is 0.165.